The van der Waals surface area contributed by atoms with Crippen molar-refractivity contribution >= 4 is 5.82 Å². The molecule has 0 spiro atoms. The average molecular weight is 271 g/mol. The molecule has 4 atom stereocenters. The van der Waals surface area contributed by atoms with Crippen LogP contribution in [-0.2, 0) is 11.2 Å². The van der Waals surface area contributed by atoms with Gasteiger partial charge in [0.25, 0.3) is 0 Å². The summed E-state index contributed by atoms with van der Waals surface area (Å²) in [5.74, 6) is 0.135. The number of hydrogen-bond acceptors (Lipinski definition) is 7. The highest BCUT2D eigenvalue weighted by Gasteiger charge is 2.43. The molecule has 8 heteroatoms. The molecule has 1 aromatic heterocycles. The molecule has 1 saturated heterocycles. The Balaban J connectivity index is 2.40. The van der Waals surface area contributed by atoms with E-state index in [0.717, 1.165) is 4.57 Å². The molecule has 5 N–H and O–H groups in total. The van der Waals surface area contributed by atoms with E-state index < -0.39 is 36.8 Å². The van der Waals surface area contributed by atoms with E-state index >= 15 is 0 Å². The van der Waals surface area contributed by atoms with E-state index in [0.29, 0.717) is 12.0 Å². The molecule has 106 valence electrons. The van der Waals surface area contributed by atoms with Gasteiger partial charge in [-0.2, -0.15) is 4.98 Å². The highest BCUT2D eigenvalue weighted by Crippen LogP contribution is 2.28. The second-order valence-electron chi connectivity index (χ2n) is 4.42. The van der Waals surface area contributed by atoms with Crippen LogP contribution in [0.1, 0.15) is 18.7 Å². The summed E-state index contributed by atoms with van der Waals surface area (Å²) in [5, 5.41) is 28.5. The van der Waals surface area contributed by atoms with Crippen LogP contribution >= 0.6 is 0 Å². The van der Waals surface area contributed by atoms with Crippen LogP contribution in [-0.4, -0.2) is 49.8 Å². The Morgan fingerprint density at radius 2 is 2.16 bits per heavy atom. The minimum absolute atomic E-state index is 0.135. The maximum atomic E-state index is 11.8. The van der Waals surface area contributed by atoms with E-state index in [4.69, 9.17) is 15.6 Å². The minimum atomic E-state index is -1.31. The number of hydrogen-bond donors (Lipinski definition) is 4. The average Bonchev–Trinajstić information content (AvgIpc) is 2.67. The monoisotopic (exact) mass is 271 g/mol. The summed E-state index contributed by atoms with van der Waals surface area (Å²) in [5.41, 5.74) is 5.56. The van der Waals surface area contributed by atoms with E-state index in [1.54, 1.807) is 0 Å². The van der Waals surface area contributed by atoms with Crippen molar-refractivity contribution in [2.24, 2.45) is 0 Å². The maximum Gasteiger partial charge on any atom is 0.351 e. The second-order valence-corrected chi connectivity index (χ2v) is 4.42. The van der Waals surface area contributed by atoms with E-state index in [1.165, 1.54) is 6.20 Å². The van der Waals surface area contributed by atoms with Crippen molar-refractivity contribution in [2.45, 2.75) is 37.9 Å². The zero-order valence-electron chi connectivity index (χ0n) is 10.4. The highest BCUT2D eigenvalue weighted by atomic mass is 16.6. The normalized spacial score (nSPS) is 30.7. The fourth-order valence-electron chi connectivity index (χ4n) is 2.09. The number of nitrogens with two attached hydrogens (primary N) is 1. The molecular formula is C11H17N3O5. The first-order valence-corrected chi connectivity index (χ1v) is 5.99. The fourth-order valence-corrected chi connectivity index (χ4v) is 2.09. The molecule has 0 aliphatic carbocycles. The lowest BCUT2D eigenvalue weighted by Crippen LogP contribution is -2.36. The first-order valence-electron chi connectivity index (χ1n) is 5.99. The predicted octanol–water partition coefficient (Wildman–Crippen LogP) is -2.00. The van der Waals surface area contributed by atoms with Crippen LogP contribution in [0.25, 0.3) is 0 Å². The van der Waals surface area contributed by atoms with Gasteiger partial charge in [-0.15, -0.1) is 0 Å². The number of aliphatic hydroxyl groups excluding tert-OH is 3. The lowest BCUT2D eigenvalue weighted by molar-refractivity contribution is -0.0550. The third-order valence-corrected chi connectivity index (χ3v) is 3.23. The number of nitrogen functional groups attached to an aromatic ring is 1. The summed E-state index contributed by atoms with van der Waals surface area (Å²) in [6.07, 6.45) is -2.58. The number of aromatic nitrogens is 2. The Kier molecular flexibility index (Phi) is 3.85. The quantitative estimate of drug-likeness (QED) is 0.500. The van der Waals surface area contributed by atoms with Gasteiger partial charge in [-0.1, -0.05) is 6.92 Å². The van der Waals surface area contributed by atoms with Crippen molar-refractivity contribution in [3.05, 3.63) is 22.2 Å². The van der Waals surface area contributed by atoms with Gasteiger partial charge in [-0.25, -0.2) is 4.79 Å². The van der Waals surface area contributed by atoms with Crippen molar-refractivity contribution in [3.63, 3.8) is 0 Å². The smallest absolute Gasteiger partial charge is 0.351 e. The standard InChI is InChI=1S/C11H17N3O5/c1-2-5-3-14(11(18)13-9(5)12)10-8(17)7(16)6(4-15)19-10/h3,6-8,10,15-17H,2,4H2,1H3,(H2,12,13,18)/t6-,7+,8-,10-/m1/s1. The third-order valence-electron chi connectivity index (χ3n) is 3.23. The summed E-state index contributed by atoms with van der Waals surface area (Å²) < 4.78 is 6.36. The SMILES string of the molecule is CCc1cn([C@@H]2O[C@H](CO)[C@H](O)[C@H]2O)c(=O)nc1N. The molecule has 1 aliphatic rings. The number of aryl methyl sites for hydroxylation is 1. The van der Waals surface area contributed by atoms with Crippen LogP contribution in [0.4, 0.5) is 5.82 Å². The largest absolute Gasteiger partial charge is 0.394 e. The Morgan fingerprint density at radius 3 is 2.68 bits per heavy atom. The summed E-state index contributed by atoms with van der Waals surface area (Å²) >= 11 is 0. The van der Waals surface area contributed by atoms with Gasteiger partial charge in [0, 0.05) is 11.8 Å². The molecule has 1 fully saturated rings. The molecule has 0 radical (unpaired) electrons. The molecule has 0 amide bonds. The van der Waals surface area contributed by atoms with Gasteiger partial charge in [0.15, 0.2) is 6.23 Å². The van der Waals surface area contributed by atoms with Crippen molar-refractivity contribution in [1.29, 1.82) is 0 Å². The van der Waals surface area contributed by atoms with Crippen LogP contribution in [0.2, 0.25) is 0 Å². The van der Waals surface area contributed by atoms with E-state index in [2.05, 4.69) is 4.98 Å². The van der Waals surface area contributed by atoms with Crippen LogP contribution in [0.5, 0.6) is 0 Å². The molecular weight excluding hydrogens is 254 g/mol. The third kappa shape index (κ3) is 2.35. The Morgan fingerprint density at radius 1 is 1.47 bits per heavy atom. The van der Waals surface area contributed by atoms with Gasteiger partial charge in [0.1, 0.15) is 24.1 Å². The molecule has 2 rings (SSSR count). The predicted molar refractivity (Wildman–Crippen MR) is 65.3 cm³/mol. The number of ether oxygens (including phenoxy) is 1. The van der Waals surface area contributed by atoms with Gasteiger partial charge in [0.05, 0.1) is 6.61 Å². The number of anilines is 1. The first kappa shape index (κ1) is 13.9. The molecule has 8 nitrogen and oxygen atoms in total. The maximum absolute atomic E-state index is 11.8. The Labute approximate surface area is 109 Å². The molecule has 0 unspecified atom stereocenters. The first-order chi connectivity index (χ1) is 8.99. The lowest BCUT2D eigenvalue weighted by atomic mass is 10.1. The molecule has 1 aromatic rings. The van der Waals surface area contributed by atoms with Gasteiger partial charge in [-0.05, 0) is 6.42 Å². The molecule has 0 bridgehead atoms. The number of aliphatic hydroxyl groups is 3. The second kappa shape index (κ2) is 5.25. The lowest BCUT2D eigenvalue weighted by Gasteiger charge is -2.18. The van der Waals surface area contributed by atoms with Crippen LogP contribution in [0.15, 0.2) is 11.0 Å². The molecule has 19 heavy (non-hydrogen) atoms. The highest BCUT2D eigenvalue weighted by molar-refractivity contribution is 5.36. The molecule has 2 heterocycles. The van der Waals surface area contributed by atoms with E-state index in [9.17, 15) is 15.0 Å². The van der Waals surface area contributed by atoms with E-state index in [-0.39, 0.29) is 5.82 Å². The molecule has 0 saturated carbocycles. The van der Waals surface area contributed by atoms with Crippen LogP contribution < -0.4 is 11.4 Å². The van der Waals surface area contributed by atoms with Crippen molar-refractivity contribution in [2.75, 3.05) is 12.3 Å². The molecule has 0 aromatic carbocycles. The zero-order valence-corrected chi connectivity index (χ0v) is 10.4. The summed E-state index contributed by atoms with van der Waals surface area (Å²) in [6, 6.07) is 0. The van der Waals surface area contributed by atoms with Gasteiger partial charge < -0.3 is 25.8 Å². The topological polar surface area (TPSA) is 131 Å². The van der Waals surface area contributed by atoms with Crippen molar-refractivity contribution in [3.8, 4) is 0 Å². The van der Waals surface area contributed by atoms with Crippen molar-refractivity contribution in [1.82, 2.24) is 9.55 Å². The van der Waals surface area contributed by atoms with E-state index in [1.807, 2.05) is 6.92 Å². The molecule has 1 aliphatic heterocycles. The minimum Gasteiger partial charge on any atom is -0.394 e. The van der Waals surface area contributed by atoms with Gasteiger partial charge in [0.2, 0.25) is 0 Å². The number of rotatable bonds is 3. The Hall–Kier alpha value is -1.48. The summed E-state index contributed by atoms with van der Waals surface area (Å²) in [4.78, 5) is 15.4. The zero-order chi connectivity index (χ0) is 14.2. The van der Waals surface area contributed by atoms with Gasteiger partial charge in [-0.3, -0.25) is 4.57 Å². The summed E-state index contributed by atoms with van der Waals surface area (Å²) in [6.45, 7) is 1.39. The number of nitrogens with zero attached hydrogens (tertiary/aromatic N) is 2. The fraction of sp³-hybridized carbons (Fsp3) is 0.636. The van der Waals surface area contributed by atoms with Gasteiger partial charge >= 0.3 is 5.69 Å². The van der Waals surface area contributed by atoms with Crippen molar-refractivity contribution < 1.29 is 20.1 Å². The van der Waals surface area contributed by atoms with Crippen LogP contribution in [0.3, 0.4) is 0 Å². The Bertz CT molecular complexity index is 518. The van der Waals surface area contributed by atoms with Crippen LogP contribution in [0, 0.1) is 0 Å². The summed E-state index contributed by atoms with van der Waals surface area (Å²) in [7, 11) is 0.